The first-order valence-corrected chi connectivity index (χ1v) is 16.5. The van der Waals surface area contributed by atoms with Gasteiger partial charge in [-0.3, -0.25) is 19.1 Å². The zero-order valence-electron chi connectivity index (χ0n) is 24.0. The molecule has 0 spiro atoms. The fourth-order valence-electron chi connectivity index (χ4n) is 5.40. The number of thiophene rings is 1. The van der Waals surface area contributed by atoms with E-state index in [2.05, 4.69) is 21.3 Å². The van der Waals surface area contributed by atoms with Crippen molar-refractivity contribution in [2.75, 3.05) is 6.54 Å². The van der Waals surface area contributed by atoms with Gasteiger partial charge in [0.2, 0.25) is 21.8 Å². The first-order chi connectivity index (χ1) is 19.7. The van der Waals surface area contributed by atoms with Crippen LogP contribution in [0.5, 0.6) is 6.01 Å². The summed E-state index contributed by atoms with van der Waals surface area (Å²) in [5, 5.41) is 1.37. The molecule has 2 amide bonds. The van der Waals surface area contributed by atoms with Crippen LogP contribution in [0.4, 0.5) is 0 Å². The number of nitrogens with two attached hydrogens (primary N) is 1. The average molecular weight is 616 g/mol. The summed E-state index contributed by atoms with van der Waals surface area (Å²) in [5.74, 6) is -1.79. The number of amides is 2. The molecule has 5 rings (SSSR count). The van der Waals surface area contributed by atoms with Crippen molar-refractivity contribution >= 4 is 39.0 Å². The standard InChI is InChI=1S/C29H37N5O6S2/c1-5-17-14-29(17,26(37)33-42(38,39)19-8-9-19)15-22(35)21-13-18(16-34(21)25(36)24(30)28(2,3)4)40-27-31-11-10-20(32-27)23-7-6-12-41-23/h5-7,10-12,17-19,21,24H,1,8-9,13-16,30H2,2-4H3,(H,33,37)/t17?,18-,21+,24-,29-/m1/s1. The number of nitrogens with one attached hydrogen (secondary N) is 1. The number of rotatable bonds is 11. The Morgan fingerprint density at radius 1 is 1.31 bits per heavy atom. The zero-order chi connectivity index (χ0) is 30.4. The molecule has 3 N–H and O–H groups in total. The highest BCUT2D eigenvalue weighted by atomic mass is 32.2. The quantitative estimate of drug-likeness (QED) is 0.362. The van der Waals surface area contributed by atoms with Crippen LogP contribution in [-0.4, -0.2) is 70.9 Å². The Bertz CT molecular complexity index is 1480. The highest BCUT2D eigenvalue weighted by Crippen LogP contribution is 2.57. The first-order valence-electron chi connectivity index (χ1n) is 14.1. The lowest BCUT2D eigenvalue weighted by atomic mass is 9.86. The largest absolute Gasteiger partial charge is 0.458 e. The summed E-state index contributed by atoms with van der Waals surface area (Å²) in [5.41, 5.74) is 5.24. The predicted molar refractivity (Wildman–Crippen MR) is 158 cm³/mol. The number of sulfonamides is 1. The van der Waals surface area contributed by atoms with E-state index in [4.69, 9.17) is 10.5 Å². The zero-order valence-corrected chi connectivity index (χ0v) is 25.6. The van der Waals surface area contributed by atoms with E-state index >= 15 is 0 Å². The summed E-state index contributed by atoms with van der Waals surface area (Å²) in [6, 6.07) is 3.97. The number of allylic oxidation sites excluding steroid dienone is 1. The van der Waals surface area contributed by atoms with E-state index in [0.717, 1.165) is 4.88 Å². The van der Waals surface area contributed by atoms with Gasteiger partial charge >= 0.3 is 6.01 Å². The van der Waals surface area contributed by atoms with E-state index in [1.165, 1.54) is 16.2 Å². The third kappa shape index (κ3) is 6.13. The van der Waals surface area contributed by atoms with Crippen LogP contribution >= 0.6 is 11.3 Å². The van der Waals surface area contributed by atoms with Crippen molar-refractivity contribution in [1.29, 1.82) is 0 Å². The van der Waals surface area contributed by atoms with Crippen molar-refractivity contribution in [1.82, 2.24) is 19.6 Å². The Balaban J connectivity index is 1.36. The fraction of sp³-hybridized carbons (Fsp3) is 0.552. The van der Waals surface area contributed by atoms with Crippen molar-refractivity contribution in [3.05, 3.63) is 42.4 Å². The molecular formula is C29H37N5O6S2. The van der Waals surface area contributed by atoms with Crippen molar-refractivity contribution < 1.29 is 27.5 Å². The molecule has 226 valence electrons. The van der Waals surface area contributed by atoms with Crippen LogP contribution in [0.25, 0.3) is 10.6 Å². The van der Waals surface area contributed by atoms with Crippen molar-refractivity contribution in [3.63, 3.8) is 0 Å². The topological polar surface area (TPSA) is 162 Å². The van der Waals surface area contributed by atoms with Gasteiger partial charge in [0.1, 0.15) is 6.10 Å². The number of Topliss-reactive ketones (excluding diaryl/α,β-unsaturated/α-hetero) is 1. The van der Waals surface area contributed by atoms with Gasteiger partial charge in [0.05, 0.1) is 39.9 Å². The molecule has 0 aromatic carbocycles. The van der Waals surface area contributed by atoms with Gasteiger partial charge in [0, 0.05) is 19.0 Å². The van der Waals surface area contributed by atoms with Crippen LogP contribution in [0.3, 0.4) is 0 Å². The van der Waals surface area contributed by atoms with Crippen molar-refractivity contribution in [3.8, 4) is 16.6 Å². The second-order valence-corrected chi connectivity index (χ2v) is 15.5. The summed E-state index contributed by atoms with van der Waals surface area (Å²) in [6.07, 6.45) is 3.82. The van der Waals surface area contributed by atoms with E-state index in [9.17, 15) is 22.8 Å². The van der Waals surface area contributed by atoms with Crippen molar-refractivity contribution in [2.45, 2.75) is 76.3 Å². The molecule has 2 saturated carbocycles. The third-order valence-corrected chi connectivity index (χ3v) is 11.1. The number of ketones is 1. The van der Waals surface area contributed by atoms with Crippen LogP contribution in [0, 0.1) is 16.7 Å². The lowest BCUT2D eigenvalue weighted by Crippen LogP contribution is -2.53. The van der Waals surface area contributed by atoms with Crippen LogP contribution in [0.2, 0.25) is 0 Å². The molecule has 0 radical (unpaired) electrons. The molecule has 1 saturated heterocycles. The first kappa shape index (κ1) is 30.3. The fourth-order valence-corrected chi connectivity index (χ4v) is 7.48. The predicted octanol–water partition coefficient (Wildman–Crippen LogP) is 2.69. The number of nitrogens with zero attached hydrogens (tertiary/aromatic N) is 3. The molecule has 0 bridgehead atoms. The Labute approximate surface area is 250 Å². The van der Waals surface area contributed by atoms with Gasteiger partial charge < -0.3 is 15.4 Å². The summed E-state index contributed by atoms with van der Waals surface area (Å²) >= 11 is 1.53. The lowest BCUT2D eigenvalue weighted by molar-refractivity contribution is -0.141. The molecule has 2 aromatic heterocycles. The molecule has 3 heterocycles. The number of hydrogen-bond donors (Lipinski definition) is 2. The molecule has 5 atom stereocenters. The van der Waals surface area contributed by atoms with E-state index in [1.807, 2.05) is 38.3 Å². The minimum atomic E-state index is -3.79. The maximum absolute atomic E-state index is 13.9. The number of carbonyl (C=O) groups excluding carboxylic acids is 3. The normalized spacial score (nSPS) is 26.4. The van der Waals surface area contributed by atoms with Crippen molar-refractivity contribution in [2.24, 2.45) is 22.5 Å². The minimum absolute atomic E-state index is 0.0890. The monoisotopic (exact) mass is 615 g/mol. The van der Waals surface area contributed by atoms with Gasteiger partial charge in [-0.15, -0.1) is 17.9 Å². The number of hydrogen-bond acceptors (Lipinski definition) is 10. The SMILES string of the molecule is C=CC1C[C@]1(CC(=O)[C@@H]1C[C@@H](Oc2nccc(-c3cccs3)n2)CN1C(=O)[C@@H](N)C(C)(C)C)C(=O)NS(=O)(=O)C1CC1. The summed E-state index contributed by atoms with van der Waals surface area (Å²) in [4.78, 5) is 51.9. The summed E-state index contributed by atoms with van der Waals surface area (Å²) in [6.45, 7) is 9.40. The minimum Gasteiger partial charge on any atom is -0.458 e. The molecule has 13 heteroatoms. The number of aromatic nitrogens is 2. The lowest BCUT2D eigenvalue weighted by Gasteiger charge is -2.32. The van der Waals surface area contributed by atoms with Gasteiger partial charge in [-0.25, -0.2) is 13.4 Å². The number of likely N-dealkylation sites (tertiary alicyclic amines) is 1. The highest BCUT2D eigenvalue weighted by molar-refractivity contribution is 7.90. The summed E-state index contributed by atoms with van der Waals surface area (Å²) in [7, 11) is -3.79. The van der Waals surface area contributed by atoms with Crippen LogP contribution in [-0.2, 0) is 24.4 Å². The molecular weight excluding hydrogens is 578 g/mol. The Kier molecular flexibility index (Phi) is 8.05. The van der Waals surface area contributed by atoms with Crippen LogP contribution in [0.1, 0.15) is 52.9 Å². The molecule has 1 unspecified atom stereocenters. The number of carbonyl (C=O) groups is 3. The highest BCUT2D eigenvalue weighted by Gasteiger charge is 2.61. The Morgan fingerprint density at radius 3 is 2.64 bits per heavy atom. The Hall–Kier alpha value is -3.16. The average Bonchev–Trinajstić information content (AvgIpc) is 3.80. The smallest absolute Gasteiger partial charge is 0.317 e. The van der Waals surface area contributed by atoms with Gasteiger partial charge in [0.25, 0.3) is 0 Å². The van der Waals surface area contributed by atoms with E-state index in [-0.39, 0.29) is 37.1 Å². The summed E-state index contributed by atoms with van der Waals surface area (Å²) < 4.78 is 33.3. The van der Waals surface area contributed by atoms with Crippen LogP contribution in [0.15, 0.2) is 42.4 Å². The van der Waals surface area contributed by atoms with Gasteiger partial charge in [0.15, 0.2) is 5.78 Å². The van der Waals surface area contributed by atoms with Crippen LogP contribution < -0.4 is 15.2 Å². The van der Waals surface area contributed by atoms with E-state index < -0.39 is 56.1 Å². The molecule has 3 fully saturated rings. The molecule has 11 nitrogen and oxygen atoms in total. The second kappa shape index (κ2) is 11.2. The maximum Gasteiger partial charge on any atom is 0.317 e. The van der Waals surface area contributed by atoms with E-state index in [0.29, 0.717) is 25.0 Å². The van der Waals surface area contributed by atoms with Gasteiger partial charge in [-0.1, -0.05) is 32.9 Å². The second-order valence-electron chi connectivity index (χ2n) is 12.5. The van der Waals surface area contributed by atoms with Gasteiger partial charge in [-0.2, -0.15) is 4.98 Å². The van der Waals surface area contributed by atoms with Gasteiger partial charge in [-0.05, 0) is 48.1 Å². The molecule has 2 aromatic rings. The molecule has 1 aliphatic heterocycles. The van der Waals surface area contributed by atoms with E-state index in [1.54, 1.807) is 18.3 Å². The molecule has 2 aliphatic carbocycles. The maximum atomic E-state index is 13.9. The molecule has 42 heavy (non-hydrogen) atoms. The third-order valence-electron chi connectivity index (χ3n) is 8.35. The molecule has 3 aliphatic rings. The Morgan fingerprint density at radius 2 is 2.05 bits per heavy atom. The number of ether oxygens (including phenoxy) is 1.